The topological polar surface area (TPSA) is 88.3 Å². The van der Waals surface area contributed by atoms with Crippen LogP contribution in [0.1, 0.15) is 43.6 Å². The molecular weight excluding hydrogens is 332 g/mol. The number of pyridine rings is 1. The van der Waals surface area contributed by atoms with Crippen molar-refractivity contribution < 1.29 is 14.3 Å². The number of hydrogen-bond acceptors (Lipinski definition) is 4. The molecule has 1 saturated carbocycles. The molecule has 1 aliphatic carbocycles. The van der Waals surface area contributed by atoms with E-state index in [4.69, 9.17) is 4.74 Å². The predicted molar refractivity (Wildman–Crippen MR) is 99.0 cm³/mol. The van der Waals surface area contributed by atoms with Gasteiger partial charge in [-0.3, -0.25) is 9.59 Å². The van der Waals surface area contributed by atoms with Gasteiger partial charge in [0.1, 0.15) is 5.69 Å². The Morgan fingerprint density at radius 1 is 1.23 bits per heavy atom. The zero-order valence-electron chi connectivity index (χ0n) is 15.1. The summed E-state index contributed by atoms with van der Waals surface area (Å²) in [6.45, 7) is 3.98. The molecule has 0 bridgehead atoms. The molecule has 138 valence electrons. The number of benzene rings is 1. The minimum absolute atomic E-state index is 0.0427. The first-order valence-corrected chi connectivity index (χ1v) is 9.04. The number of aromatic nitrogens is 1. The first kappa shape index (κ1) is 18.2. The maximum Gasteiger partial charge on any atom is 0.355 e. The van der Waals surface area contributed by atoms with E-state index in [0.717, 1.165) is 12.8 Å². The normalized spacial score (nSPS) is 22.8. The van der Waals surface area contributed by atoms with Crippen LogP contribution in [0, 0.1) is 11.8 Å². The molecule has 1 aromatic carbocycles. The number of rotatable bonds is 4. The number of carbonyl (C=O) groups is 2. The molecule has 2 aromatic rings. The van der Waals surface area contributed by atoms with Crippen LogP contribution in [-0.2, 0) is 9.53 Å². The molecule has 6 heteroatoms. The molecule has 3 atom stereocenters. The Morgan fingerprint density at radius 2 is 2.00 bits per heavy atom. The van der Waals surface area contributed by atoms with Gasteiger partial charge in [0.2, 0.25) is 0 Å². The van der Waals surface area contributed by atoms with E-state index < -0.39 is 5.97 Å². The number of amides is 1. The number of esters is 1. The third-order valence-corrected chi connectivity index (χ3v) is 5.34. The Bertz CT molecular complexity index is 873. The Labute approximate surface area is 151 Å². The van der Waals surface area contributed by atoms with Crippen molar-refractivity contribution in [2.24, 2.45) is 11.8 Å². The third kappa shape index (κ3) is 3.95. The van der Waals surface area contributed by atoms with Crippen LogP contribution < -0.4 is 10.7 Å². The fraction of sp³-hybridized carbons (Fsp3) is 0.450. The zero-order chi connectivity index (χ0) is 18.7. The van der Waals surface area contributed by atoms with Gasteiger partial charge >= 0.3 is 5.97 Å². The van der Waals surface area contributed by atoms with Crippen LogP contribution in [0.15, 0.2) is 35.1 Å². The Balaban J connectivity index is 1.60. The first-order valence-electron chi connectivity index (χ1n) is 9.04. The number of H-pyrrole nitrogens is 1. The number of carbonyl (C=O) groups excluding carboxylic acids is 2. The minimum atomic E-state index is -0.715. The van der Waals surface area contributed by atoms with E-state index in [2.05, 4.69) is 24.1 Å². The quantitative estimate of drug-likeness (QED) is 0.824. The summed E-state index contributed by atoms with van der Waals surface area (Å²) in [6.07, 6.45) is 3.22. The predicted octanol–water partition coefficient (Wildman–Crippen LogP) is 2.63. The molecule has 1 amide bonds. The van der Waals surface area contributed by atoms with E-state index in [1.807, 2.05) is 0 Å². The fourth-order valence-electron chi connectivity index (χ4n) is 3.55. The van der Waals surface area contributed by atoms with Crippen molar-refractivity contribution in [2.45, 2.75) is 39.2 Å². The second-order valence-electron chi connectivity index (χ2n) is 7.11. The molecule has 0 unspecified atom stereocenters. The highest BCUT2D eigenvalue weighted by atomic mass is 16.5. The summed E-state index contributed by atoms with van der Waals surface area (Å²) in [5.41, 5.74) is 0.336. The SMILES string of the molecule is C[C@H]1[C@@H](NC(=O)COC(=O)c2cc(=O)c3ccccc3[nH]2)CCC[C@@H]1C. The molecule has 1 heterocycles. The molecule has 1 aliphatic rings. The molecule has 6 nitrogen and oxygen atoms in total. The highest BCUT2D eigenvalue weighted by Crippen LogP contribution is 2.29. The summed E-state index contributed by atoms with van der Waals surface area (Å²) >= 11 is 0. The van der Waals surface area contributed by atoms with Crippen molar-refractivity contribution in [1.29, 1.82) is 0 Å². The summed E-state index contributed by atoms with van der Waals surface area (Å²) in [6, 6.07) is 8.24. The van der Waals surface area contributed by atoms with Gasteiger partial charge in [0.05, 0.1) is 0 Å². The average molecular weight is 356 g/mol. The van der Waals surface area contributed by atoms with Crippen LogP contribution in [0.3, 0.4) is 0 Å². The number of para-hydroxylation sites is 1. The summed E-state index contributed by atoms with van der Waals surface area (Å²) in [7, 11) is 0. The van der Waals surface area contributed by atoms with Crippen molar-refractivity contribution >= 4 is 22.8 Å². The second-order valence-corrected chi connectivity index (χ2v) is 7.11. The van der Waals surface area contributed by atoms with Crippen LogP contribution in [-0.4, -0.2) is 29.5 Å². The lowest BCUT2D eigenvalue weighted by atomic mass is 9.78. The Hall–Kier alpha value is -2.63. The van der Waals surface area contributed by atoms with E-state index in [-0.39, 0.29) is 29.7 Å². The molecule has 26 heavy (non-hydrogen) atoms. The molecule has 0 spiro atoms. The highest BCUT2D eigenvalue weighted by Gasteiger charge is 2.28. The smallest absolute Gasteiger partial charge is 0.355 e. The van der Waals surface area contributed by atoms with Gasteiger partial charge in [0, 0.05) is 23.0 Å². The summed E-state index contributed by atoms with van der Waals surface area (Å²) in [5, 5.41) is 3.46. The van der Waals surface area contributed by atoms with Crippen molar-refractivity contribution in [3.8, 4) is 0 Å². The number of nitrogens with one attached hydrogen (secondary N) is 2. The van der Waals surface area contributed by atoms with Crippen molar-refractivity contribution in [2.75, 3.05) is 6.61 Å². The maximum absolute atomic E-state index is 12.2. The lowest BCUT2D eigenvalue weighted by Gasteiger charge is -2.34. The summed E-state index contributed by atoms with van der Waals surface area (Å²) in [5.74, 6) is -0.0555. The Kier molecular flexibility index (Phi) is 5.40. The van der Waals surface area contributed by atoms with E-state index in [0.29, 0.717) is 22.7 Å². The van der Waals surface area contributed by atoms with Gasteiger partial charge in [-0.05, 0) is 30.4 Å². The lowest BCUT2D eigenvalue weighted by Crippen LogP contribution is -2.45. The van der Waals surface area contributed by atoms with E-state index >= 15 is 0 Å². The summed E-state index contributed by atoms with van der Waals surface area (Å²) in [4.78, 5) is 39.2. The van der Waals surface area contributed by atoms with E-state index in [1.54, 1.807) is 24.3 Å². The van der Waals surface area contributed by atoms with Crippen molar-refractivity contribution in [3.63, 3.8) is 0 Å². The highest BCUT2D eigenvalue weighted by molar-refractivity contribution is 5.92. The van der Waals surface area contributed by atoms with Gasteiger partial charge in [-0.15, -0.1) is 0 Å². The molecule has 1 aromatic heterocycles. The lowest BCUT2D eigenvalue weighted by molar-refractivity contribution is -0.125. The molecular formula is C20H24N2O4. The monoisotopic (exact) mass is 356 g/mol. The molecule has 0 saturated heterocycles. The van der Waals surface area contributed by atoms with Crippen molar-refractivity contribution in [3.05, 3.63) is 46.2 Å². The first-order chi connectivity index (χ1) is 12.5. The van der Waals surface area contributed by atoms with E-state index in [1.165, 1.54) is 12.5 Å². The van der Waals surface area contributed by atoms with Crippen molar-refractivity contribution in [1.82, 2.24) is 10.3 Å². The van der Waals surface area contributed by atoms with Crippen LogP contribution in [0.25, 0.3) is 10.9 Å². The van der Waals surface area contributed by atoms with Gasteiger partial charge < -0.3 is 15.0 Å². The Morgan fingerprint density at radius 3 is 2.81 bits per heavy atom. The molecule has 1 fully saturated rings. The molecule has 2 N–H and O–H groups in total. The summed E-state index contributed by atoms with van der Waals surface area (Å²) < 4.78 is 5.08. The number of fused-ring (bicyclic) bond motifs is 1. The van der Waals surface area contributed by atoms with E-state index in [9.17, 15) is 14.4 Å². The number of hydrogen-bond donors (Lipinski definition) is 2. The second kappa shape index (κ2) is 7.72. The molecule has 0 radical (unpaired) electrons. The maximum atomic E-state index is 12.2. The average Bonchev–Trinajstić information content (AvgIpc) is 2.63. The van der Waals surface area contributed by atoms with Gasteiger partial charge in [-0.25, -0.2) is 4.79 Å². The largest absolute Gasteiger partial charge is 0.451 e. The van der Waals surface area contributed by atoms with Crippen LogP contribution in [0.2, 0.25) is 0 Å². The standard InChI is InChI=1S/C20H24N2O4/c1-12-6-5-9-15(13(12)2)22-19(24)11-26-20(25)17-10-18(23)14-7-3-4-8-16(14)21-17/h3-4,7-8,10,12-13,15H,5-6,9,11H2,1-2H3,(H,21,23)(H,22,24)/t12-,13+,15-/m0/s1. The van der Waals surface area contributed by atoms with Gasteiger partial charge in [0.25, 0.3) is 5.91 Å². The number of aromatic amines is 1. The van der Waals surface area contributed by atoms with Crippen LogP contribution in [0.4, 0.5) is 0 Å². The fourth-order valence-corrected chi connectivity index (χ4v) is 3.55. The molecule has 3 rings (SSSR count). The van der Waals surface area contributed by atoms with Gasteiger partial charge in [0.15, 0.2) is 12.0 Å². The number of ether oxygens (including phenoxy) is 1. The third-order valence-electron chi connectivity index (χ3n) is 5.34. The van der Waals surface area contributed by atoms with Gasteiger partial charge in [-0.1, -0.05) is 38.8 Å². The van der Waals surface area contributed by atoms with Crippen LogP contribution in [0.5, 0.6) is 0 Å². The zero-order valence-corrected chi connectivity index (χ0v) is 15.1. The van der Waals surface area contributed by atoms with Crippen LogP contribution >= 0.6 is 0 Å². The minimum Gasteiger partial charge on any atom is -0.451 e. The van der Waals surface area contributed by atoms with Gasteiger partial charge in [-0.2, -0.15) is 0 Å². The molecule has 0 aliphatic heterocycles.